The molecule has 7 heterocycles. The number of hydrogen-bond donors (Lipinski definition) is 5. The van der Waals surface area contributed by atoms with E-state index in [0.717, 1.165) is 53.6 Å². The van der Waals surface area contributed by atoms with Crippen LogP contribution in [0.3, 0.4) is 0 Å². The zero-order chi connectivity index (χ0) is 50.4. The van der Waals surface area contributed by atoms with Gasteiger partial charge in [0, 0.05) is 78.0 Å². The fourth-order valence-electron chi connectivity index (χ4n) is 10.3. The van der Waals surface area contributed by atoms with Gasteiger partial charge in [-0.2, -0.15) is 18.3 Å². The third-order valence-electron chi connectivity index (χ3n) is 14.0. The maximum atomic E-state index is 13.9. The number of fused-ring (bicyclic) bond motifs is 4. The van der Waals surface area contributed by atoms with Crippen molar-refractivity contribution in [3.8, 4) is 11.3 Å². The van der Waals surface area contributed by atoms with E-state index in [2.05, 4.69) is 25.9 Å². The first-order chi connectivity index (χ1) is 34.6. The third-order valence-corrected chi connectivity index (χ3v) is 14.0. The van der Waals surface area contributed by atoms with E-state index in [0.29, 0.717) is 60.2 Å². The highest BCUT2D eigenvalue weighted by Gasteiger charge is 2.45. The Bertz CT molecular complexity index is 3030. The lowest BCUT2D eigenvalue weighted by Crippen LogP contribution is -2.53. The van der Waals surface area contributed by atoms with E-state index in [1.54, 1.807) is 36.5 Å². The van der Waals surface area contributed by atoms with Crippen LogP contribution in [0.15, 0.2) is 73.1 Å². The molecule has 5 atom stereocenters. The molecule has 72 heavy (non-hydrogen) atoms. The van der Waals surface area contributed by atoms with Gasteiger partial charge in [-0.05, 0) is 81.3 Å². The van der Waals surface area contributed by atoms with Crippen molar-refractivity contribution in [3.05, 3.63) is 101 Å². The van der Waals surface area contributed by atoms with Crippen LogP contribution >= 0.6 is 0 Å². The molecule has 6 N–H and O–H groups in total. The quantitative estimate of drug-likeness (QED) is 0.132. The molecule has 2 saturated heterocycles. The second kappa shape index (κ2) is 19.5. The number of carbonyl (C=O) groups is 6. The van der Waals surface area contributed by atoms with Crippen LogP contribution in [-0.2, 0) is 30.1 Å². The maximum absolute atomic E-state index is 13.9. The average molecular weight is 990 g/mol. The highest BCUT2D eigenvalue weighted by atomic mass is 19.4. The first kappa shape index (κ1) is 47.9. The SMILES string of the molecule is Nc1ncc2c3c1c(-c1ccc(C(=O)Nc4cc(C(F)(F)F)ccn4)cc1)nn3[C@@H]1CCC[C@H](C1)NC(=O)CN(C(=O)CO[C@@H]1CCN(c3ccc4c(c3)C(=O)N(C3CCC(=O)NC3=O)C4O)C1)CC/C=C/2. The minimum Gasteiger partial charge on any atom is -0.383 e. The number of aliphatic hydroxyl groups excluding tert-OH is 1. The van der Waals surface area contributed by atoms with Gasteiger partial charge < -0.3 is 36.0 Å². The first-order valence-corrected chi connectivity index (χ1v) is 23.8. The molecule has 19 nitrogen and oxygen atoms in total. The van der Waals surface area contributed by atoms with Gasteiger partial charge >= 0.3 is 6.18 Å². The molecule has 22 heteroatoms. The number of nitrogens with one attached hydrogen (secondary N) is 3. The molecule has 3 aromatic heterocycles. The van der Waals surface area contributed by atoms with Crippen LogP contribution in [0, 0.1) is 0 Å². The number of hydrogen-bond acceptors (Lipinski definition) is 13. The molecule has 4 aliphatic heterocycles. The fourth-order valence-corrected chi connectivity index (χ4v) is 10.3. The standard InChI is InChI=1S/C50H50F3N11O8/c51-50(52,53)30-15-17-55-38(20-30)58-46(68)28-9-7-27(8-10-28)43-42-44-29(23-56-45(42)54)4-1-2-18-62(25-40(66)57-31-5-3-6-33(21-31)64(44)60-43)41(67)26-72-34-16-19-61(24-34)32-11-12-35-36(22-32)49(71)63(48(35)70)37-13-14-39(65)59-47(37)69/h1,4,7-12,15,17,20,22-23,31,33-34,37,48,70H,2-3,5-6,13-14,16,18-19,21,24-26H2,(H2,54,56)(H,57,66)(H,55,58,68)(H,59,65,69)/b4-1+/t31-,33-,34-,37?,48?/m1/s1. The van der Waals surface area contributed by atoms with Gasteiger partial charge in [0.25, 0.3) is 11.8 Å². The number of alkyl halides is 3. The molecule has 2 bridgehead atoms. The summed E-state index contributed by atoms with van der Waals surface area (Å²) in [7, 11) is 0. The molecule has 3 fully saturated rings. The number of anilines is 3. The van der Waals surface area contributed by atoms with Crippen LogP contribution in [-0.4, -0.2) is 121 Å². The molecule has 10 rings (SSSR count). The predicted molar refractivity (Wildman–Crippen MR) is 255 cm³/mol. The van der Waals surface area contributed by atoms with Gasteiger partial charge in [0.05, 0.1) is 35.2 Å². The minimum atomic E-state index is -4.60. The Balaban J connectivity index is 0.818. The molecular formula is C50H50F3N11O8. The Kier molecular flexibility index (Phi) is 13.0. The first-order valence-electron chi connectivity index (χ1n) is 23.8. The normalized spacial score (nSPS) is 23.1. The van der Waals surface area contributed by atoms with E-state index >= 15 is 0 Å². The molecule has 0 radical (unpaired) electrons. The number of carbonyl (C=O) groups excluding carboxylic acids is 6. The number of piperidine rings is 1. The fraction of sp³-hybridized carbons (Fsp3) is 0.380. The van der Waals surface area contributed by atoms with Gasteiger partial charge in [-0.3, -0.25) is 43.7 Å². The van der Waals surface area contributed by atoms with E-state index in [1.807, 2.05) is 21.7 Å². The minimum absolute atomic E-state index is 0.0604. The average Bonchev–Trinajstić information content (AvgIpc) is 4.07. The van der Waals surface area contributed by atoms with E-state index in [-0.39, 0.29) is 85.3 Å². The topological polar surface area (TPSA) is 247 Å². The number of benzene rings is 2. The number of nitrogen functional groups attached to an aromatic ring is 1. The zero-order valence-electron chi connectivity index (χ0n) is 38.7. The number of rotatable bonds is 8. The Hall–Kier alpha value is -7.72. The van der Waals surface area contributed by atoms with Crippen molar-refractivity contribution in [1.82, 2.24) is 40.2 Å². The van der Waals surface area contributed by atoms with Crippen LogP contribution < -0.4 is 26.6 Å². The van der Waals surface area contributed by atoms with Gasteiger partial charge in [0.1, 0.15) is 30.0 Å². The number of nitrogens with two attached hydrogens (primary N) is 1. The van der Waals surface area contributed by atoms with E-state index in [4.69, 9.17) is 15.6 Å². The number of aromatic nitrogens is 4. The predicted octanol–water partition coefficient (Wildman–Crippen LogP) is 4.74. The highest BCUT2D eigenvalue weighted by molar-refractivity contribution is 6.07. The van der Waals surface area contributed by atoms with Crippen LogP contribution in [0.25, 0.3) is 28.2 Å². The second-order valence-electron chi connectivity index (χ2n) is 18.7. The summed E-state index contributed by atoms with van der Waals surface area (Å²) >= 11 is 0. The van der Waals surface area contributed by atoms with Crippen LogP contribution in [0.2, 0.25) is 0 Å². The molecule has 2 aromatic carbocycles. The maximum Gasteiger partial charge on any atom is 0.416 e. The molecule has 2 unspecified atom stereocenters. The molecule has 1 saturated carbocycles. The van der Waals surface area contributed by atoms with Gasteiger partial charge in [-0.25, -0.2) is 9.97 Å². The lowest BCUT2D eigenvalue weighted by molar-refractivity contribution is -0.141. The Morgan fingerprint density at radius 1 is 0.958 bits per heavy atom. The lowest BCUT2D eigenvalue weighted by Gasteiger charge is -2.31. The summed E-state index contributed by atoms with van der Waals surface area (Å²) in [5.41, 5.74) is 9.76. The van der Waals surface area contributed by atoms with Crippen molar-refractivity contribution in [3.63, 3.8) is 0 Å². The van der Waals surface area contributed by atoms with Crippen molar-refractivity contribution >= 4 is 69.7 Å². The summed E-state index contributed by atoms with van der Waals surface area (Å²) in [6.45, 7) is 0.756. The number of pyridine rings is 2. The van der Waals surface area contributed by atoms with Crippen molar-refractivity contribution < 1.29 is 51.8 Å². The van der Waals surface area contributed by atoms with E-state index in [9.17, 15) is 47.0 Å². The van der Waals surface area contributed by atoms with Crippen molar-refractivity contribution in [1.29, 1.82) is 0 Å². The van der Waals surface area contributed by atoms with E-state index in [1.165, 1.54) is 17.0 Å². The Morgan fingerprint density at radius 2 is 1.78 bits per heavy atom. The number of amides is 6. The number of aliphatic hydroxyl groups is 1. The Labute approximate surface area is 409 Å². The van der Waals surface area contributed by atoms with Crippen molar-refractivity contribution in [2.75, 3.05) is 48.7 Å². The number of halogens is 3. The van der Waals surface area contributed by atoms with Gasteiger partial charge in [0.2, 0.25) is 23.6 Å². The van der Waals surface area contributed by atoms with Crippen molar-refractivity contribution in [2.45, 2.75) is 88.0 Å². The largest absolute Gasteiger partial charge is 0.416 e. The summed E-state index contributed by atoms with van der Waals surface area (Å²) in [6, 6.07) is 11.8. The third kappa shape index (κ3) is 9.58. The van der Waals surface area contributed by atoms with Crippen molar-refractivity contribution in [2.24, 2.45) is 0 Å². The van der Waals surface area contributed by atoms with Crippen LogP contribution in [0.5, 0.6) is 0 Å². The van der Waals surface area contributed by atoms with Gasteiger partial charge in [-0.15, -0.1) is 0 Å². The molecule has 5 aromatic rings. The molecule has 374 valence electrons. The molecule has 5 aliphatic rings. The van der Waals surface area contributed by atoms with Crippen LogP contribution in [0.1, 0.15) is 101 Å². The molecular weight excluding hydrogens is 940 g/mol. The van der Waals surface area contributed by atoms with Gasteiger partial charge in [-0.1, -0.05) is 30.4 Å². The smallest absolute Gasteiger partial charge is 0.383 e. The number of ether oxygens (including phenoxy) is 1. The zero-order valence-corrected chi connectivity index (χ0v) is 38.7. The summed E-state index contributed by atoms with van der Waals surface area (Å²) < 4.78 is 47.9. The lowest BCUT2D eigenvalue weighted by atomic mass is 9.90. The van der Waals surface area contributed by atoms with Crippen LogP contribution in [0.4, 0.5) is 30.5 Å². The second-order valence-corrected chi connectivity index (χ2v) is 18.7. The van der Waals surface area contributed by atoms with Gasteiger partial charge in [0.15, 0.2) is 6.23 Å². The molecule has 1 aliphatic carbocycles. The summed E-state index contributed by atoms with van der Waals surface area (Å²) in [4.78, 5) is 91.4. The van der Waals surface area contributed by atoms with E-state index < -0.39 is 47.6 Å². The monoisotopic (exact) mass is 989 g/mol. The molecule has 0 spiro atoms. The number of imide groups is 1. The summed E-state index contributed by atoms with van der Waals surface area (Å²) in [5, 5.41) is 24.5. The highest BCUT2D eigenvalue weighted by Crippen LogP contribution is 2.40. The Morgan fingerprint density at radius 3 is 2.57 bits per heavy atom. The molecule has 6 amide bonds. The number of nitrogens with zero attached hydrogens (tertiary/aromatic N) is 7. The summed E-state index contributed by atoms with van der Waals surface area (Å²) in [6.07, 6.45) is 4.10. The summed E-state index contributed by atoms with van der Waals surface area (Å²) in [5.74, 6) is -2.88.